The topological polar surface area (TPSA) is 44.1 Å². The van der Waals surface area contributed by atoms with Crippen molar-refractivity contribution in [2.45, 2.75) is 6.92 Å². The van der Waals surface area contributed by atoms with E-state index in [1.165, 1.54) is 0 Å². The summed E-state index contributed by atoms with van der Waals surface area (Å²) in [4.78, 5) is 13.3. The van der Waals surface area contributed by atoms with Crippen LogP contribution in [0.4, 0.5) is 0 Å². The molecule has 0 saturated heterocycles. The fourth-order valence-electron chi connectivity index (χ4n) is 3.99. The molecule has 5 rings (SSSR count). The van der Waals surface area contributed by atoms with E-state index in [2.05, 4.69) is 0 Å². The summed E-state index contributed by atoms with van der Waals surface area (Å²) in [6, 6.07) is 40.7. The lowest BCUT2D eigenvalue weighted by Crippen LogP contribution is -2.12. The van der Waals surface area contributed by atoms with Crippen molar-refractivity contribution in [1.82, 2.24) is 9.78 Å². The Bertz CT molecular complexity index is 1460. The Morgan fingerprint density at radius 3 is 1.71 bits per heavy atom. The quantitative estimate of drug-likeness (QED) is 0.156. The van der Waals surface area contributed by atoms with E-state index >= 15 is 0 Å². The third-order valence-electron chi connectivity index (χ3n) is 5.62. The second kappa shape index (κ2) is 10.1. The van der Waals surface area contributed by atoms with Gasteiger partial charge in [0.2, 0.25) is 0 Å². The molecule has 4 aromatic carbocycles. The van der Waals surface area contributed by atoms with Gasteiger partial charge in [0.15, 0.2) is 5.76 Å². The Hall–Kier alpha value is -4.70. The number of benzene rings is 4. The number of aromatic nitrogens is 2. The summed E-state index contributed by atoms with van der Waals surface area (Å²) in [6.07, 6.45) is 0. The summed E-state index contributed by atoms with van der Waals surface area (Å²) in [6.45, 7) is 1.96. The van der Waals surface area contributed by atoms with Gasteiger partial charge in [-0.05, 0) is 25.1 Å². The Morgan fingerprint density at radius 2 is 1.14 bits per heavy atom. The number of carbonyl (C=O) groups is 1. The van der Waals surface area contributed by atoms with Crippen molar-refractivity contribution >= 4 is 17.4 Å². The lowest BCUT2D eigenvalue weighted by atomic mass is 10.0. The summed E-state index contributed by atoms with van der Waals surface area (Å²) < 4.78 is 8.05. The highest BCUT2D eigenvalue weighted by molar-refractivity contribution is 5.98. The molecule has 0 spiro atoms. The third-order valence-corrected chi connectivity index (χ3v) is 5.62. The van der Waals surface area contributed by atoms with Gasteiger partial charge in [0.05, 0.1) is 17.0 Å². The molecule has 4 heteroatoms. The molecule has 4 nitrogen and oxygen atoms in total. The Morgan fingerprint density at radius 1 is 0.657 bits per heavy atom. The molecular weight excluding hydrogens is 432 g/mol. The van der Waals surface area contributed by atoms with Crippen LogP contribution in [0.15, 0.2) is 127 Å². The van der Waals surface area contributed by atoms with E-state index in [1.54, 1.807) is 12.1 Å². The highest BCUT2D eigenvalue weighted by Gasteiger charge is 2.23. The lowest BCUT2D eigenvalue weighted by Gasteiger charge is -2.18. The molecule has 0 fully saturated rings. The average molecular weight is 457 g/mol. The van der Waals surface area contributed by atoms with Crippen LogP contribution in [0.1, 0.15) is 27.2 Å². The van der Waals surface area contributed by atoms with Crippen LogP contribution in [-0.2, 0) is 4.74 Å². The zero-order chi connectivity index (χ0) is 24.0. The standard InChI is InChI=1S/C31H24N2O2/c1-23-22-28(24-14-6-2-7-15-24)33(32-23)29(25-16-8-3-9-17-25)30(26-18-10-4-11-19-26)35-31(34)27-20-12-5-13-21-27/h2-22H,1H3/b30-29-. The molecule has 0 saturated carbocycles. The van der Waals surface area contributed by atoms with Crippen LogP contribution < -0.4 is 0 Å². The second-order valence-corrected chi connectivity index (χ2v) is 8.11. The minimum Gasteiger partial charge on any atom is -0.420 e. The summed E-state index contributed by atoms with van der Waals surface area (Å²) in [7, 11) is 0. The molecule has 0 unspecified atom stereocenters. The van der Waals surface area contributed by atoms with Gasteiger partial charge in [0, 0.05) is 16.7 Å². The van der Waals surface area contributed by atoms with Crippen LogP contribution in [-0.4, -0.2) is 15.7 Å². The van der Waals surface area contributed by atoms with Gasteiger partial charge in [-0.1, -0.05) is 109 Å². The Labute approximate surface area is 204 Å². The van der Waals surface area contributed by atoms with Gasteiger partial charge >= 0.3 is 5.97 Å². The van der Waals surface area contributed by atoms with Crippen LogP contribution in [0.2, 0.25) is 0 Å². The molecule has 35 heavy (non-hydrogen) atoms. The Kier molecular flexibility index (Phi) is 6.35. The van der Waals surface area contributed by atoms with E-state index in [0.29, 0.717) is 17.0 Å². The highest BCUT2D eigenvalue weighted by atomic mass is 16.5. The van der Waals surface area contributed by atoms with Gasteiger partial charge in [-0.2, -0.15) is 5.10 Å². The lowest BCUT2D eigenvalue weighted by molar-refractivity contribution is 0.0692. The van der Waals surface area contributed by atoms with Gasteiger partial charge in [-0.3, -0.25) is 0 Å². The zero-order valence-electron chi connectivity index (χ0n) is 19.3. The average Bonchev–Trinajstić information content (AvgIpc) is 3.31. The van der Waals surface area contributed by atoms with Crippen molar-refractivity contribution in [2.24, 2.45) is 0 Å². The summed E-state index contributed by atoms with van der Waals surface area (Å²) in [5.41, 5.74) is 5.62. The predicted molar refractivity (Wildman–Crippen MR) is 139 cm³/mol. The number of aryl methyl sites for hydroxylation is 1. The van der Waals surface area contributed by atoms with Crippen LogP contribution in [0, 0.1) is 6.92 Å². The SMILES string of the molecule is Cc1cc(-c2ccccc2)n(/C(=C(\OC(=O)c2ccccc2)c2ccccc2)c2ccccc2)n1. The first-order valence-electron chi connectivity index (χ1n) is 11.5. The molecule has 0 aliphatic heterocycles. The molecule has 0 radical (unpaired) electrons. The first kappa shape index (κ1) is 22.1. The maximum atomic E-state index is 13.3. The second-order valence-electron chi connectivity index (χ2n) is 8.11. The molecule has 170 valence electrons. The van der Waals surface area contributed by atoms with E-state index in [9.17, 15) is 4.79 Å². The number of rotatable bonds is 6. The number of hydrogen-bond acceptors (Lipinski definition) is 3. The molecule has 1 aromatic heterocycles. The largest absolute Gasteiger partial charge is 0.420 e. The zero-order valence-corrected chi connectivity index (χ0v) is 19.3. The van der Waals surface area contributed by atoms with Crippen molar-refractivity contribution < 1.29 is 9.53 Å². The van der Waals surface area contributed by atoms with E-state index in [1.807, 2.05) is 127 Å². The first-order chi connectivity index (χ1) is 17.2. The molecule has 0 atom stereocenters. The predicted octanol–water partition coefficient (Wildman–Crippen LogP) is 7.09. The molecule has 0 bridgehead atoms. The van der Waals surface area contributed by atoms with Crippen molar-refractivity contribution in [2.75, 3.05) is 0 Å². The van der Waals surface area contributed by atoms with Gasteiger partial charge in [0.25, 0.3) is 0 Å². The maximum Gasteiger partial charge on any atom is 0.343 e. The van der Waals surface area contributed by atoms with Crippen molar-refractivity contribution in [3.63, 3.8) is 0 Å². The van der Waals surface area contributed by atoms with Crippen LogP contribution in [0.25, 0.3) is 22.7 Å². The Balaban J connectivity index is 1.79. The van der Waals surface area contributed by atoms with E-state index in [0.717, 1.165) is 28.1 Å². The number of hydrogen-bond donors (Lipinski definition) is 0. The van der Waals surface area contributed by atoms with Gasteiger partial charge in [-0.25, -0.2) is 9.48 Å². The third kappa shape index (κ3) is 4.82. The number of carbonyl (C=O) groups excluding carboxylic acids is 1. The molecular formula is C31H24N2O2. The normalized spacial score (nSPS) is 11.6. The van der Waals surface area contributed by atoms with Crippen LogP contribution in [0.5, 0.6) is 0 Å². The minimum atomic E-state index is -0.428. The molecule has 0 aliphatic rings. The summed E-state index contributed by atoms with van der Waals surface area (Å²) in [5, 5.41) is 4.86. The van der Waals surface area contributed by atoms with Crippen molar-refractivity contribution in [3.8, 4) is 11.3 Å². The van der Waals surface area contributed by atoms with Crippen molar-refractivity contribution in [1.29, 1.82) is 0 Å². The smallest absolute Gasteiger partial charge is 0.343 e. The number of esters is 1. The van der Waals surface area contributed by atoms with Crippen molar-refractivity contribution in [3.05, 3.63) is 150 Å². The number of nitrogens with zero attached hydrogens (tertiary/aromatic N) is 2. The van der Waals surface area contributed by atoms with Crippen LogP contribution in [0.3, 0.4) is 0 Å². The molecule has 0 amide bonds. The monoisotopic (exact) mass is 456 g/mol. The molecule has 0 N–H and O–H groups in total. The summed E-state index contributed by atoms with van der Waals surface area (Å²) >= 11 is 0. The van der Waals surface area contributed by atoms with E-state index in [4.69, 9.17) is 9.84 Å². The van der Waals surface area contributed by atoms with Gasteiger partial charge in [-0.15, -0.1) is 0 Å². The van der Waals surface area contributed by atoms with E-state index < -0.39 is 5.97 Å². The van der Waals surface area contributed by atoms with E-state index in [-0.39, 0.29) is 0 Å². The fraction of sp³-hybridized carbons (Fsp3) is 0.0323. The van der Waals surface area contributed by atoms with Crippen LogP contribution >= 0.6 is 0 Å². The first-order valence-corrected chi connectivity index (χ1v) is 11.5. The van der Waals surface area contributed by atoms with Gasteiger partial charge in [0.1, 0.15) is 5.70 Å². The number of ether oxygens (including phenoxy) is 1. The molecule has 1 heterocycles. The maximum absolute atomic E-state index is 13.3. The van der Waals surface area contributed by atoms with Gasteiger partial charge < -0.3 is 4.74 Å². The summed E-state index contributed by atoms with van der Waals surface area (Å²) in [5.74, 6) is 0.00829. The fourth-order valence-corrected chi connectivity index (χ4v) is 3.99. The molecule has 0 aliphatic carbocycles. The molecule has 5 aromatic rings. The highest BCUT2D eigenvalue weighted by Crippen LogP contribution is 2.33. The minimum absolute atomic E-state index is 0.428.